The van der Waals surface area contributed by atoms with E-state index in [2.05, 4.69) is 48.0 Å². The number of H-pyrrole nitrogens is 1. The van der Waals surface area contributed by atoms with E-state index in [0.29, 0.717) is 24.0 Å². The molecule has 1 aliphatic rings. The molecule has 1 saturated heterocycles. The van der Waals surface area contributed by atoms with Crippen molar-refractivity contribution in [2.24, 2.45) is 0 Å². The largest absolute Gasteiger partial charge is 0.354 e. The molecule has 0 spiro atoms. The average molecular weight is 526 g/mol. The molecule has 1 atom stereocenters. The topological polar surface area (TPSA) is 114 Å². The highest BCUT2D eigenvalue weighted by Gasteiger charge is 2.18. The predicted octanol–water partition coefficient (Wildman–Crippen LogP) is 4.17. The Morgan fingerprint density at radius 1 is 0.949 bits per heavy atom. The van der Waals surface area contributed by atoms with E-state index >= 15 is 0 Å². The van der Waals surface area contributed by atoms with Crippen LogP contribution in [0.2, 0.25) is 0 Å². The molecule has 39 heavy (non-hydrogen) atoms. The molecular weight excluding hydrogens is 490 g/mol. The fourth-order valence-electron chi connectivity index (χ4n) is 4.50. The number of rotatable bonds is 9. The predicted molar refractivity (Wildman–Crippen MR) is 155 cm³/mol. The van der Waals surface area contributed by atoms with Gasteiger partial charge in [-0.1, -0.05) is 42.5 Å². The van der Waals surface area contributed by atoms with Crippen LogP contribution in [0.1, 0.15) is 29.8 Å². The van der Waals surface area contributed by atoms with E-state index in [1.54, 1.807) is 0 Å². The maximum absolute atomic E-state index is 12.6. The second kappa shape index (κ2) is 12.0. The average Bonchev–Trinajstić information content (AvgIpc) is 3.34. The lowest BCUT2D eigenvalue weighted by atomic mass is 10.1. The number of carbonyl (C=O) groups excluding carboxylic acids is 1. The molecule has 0 radical (unpaired) electrons. The molecule has 2 aromatic carbocycles. The number of amides is 1. The number of aromatic amines is 1. The number of likely N-dealkylation sites (N-methyl/N-ethyl adjacent to an activating group) is 1. The number of nitrogens with zero attached hydrogens (tertiary/aromatic N) is 5. The zero-order valence-corrected chi connectivity index (χ0v) is 22.6. The van der Waals surface area contributed by atoms with E-state index in [4.69, 9.17) is 4.98 Å². The smallest absolute Gasteiger partial charge is 0.231 e. The number of nitrogens with one attached hydrogen (secondary N) is 4. The van der Waals surface area contributed by atoms with E-state index in [-0.39, 0.29) is 11.9 Å². The SMILES string of the molecule is Cc1cc(Nc2cc(N3CCN(C)CC3)nc(Nc3ccc(CC(=O)N[C@H](C)c4ccccc4)cc3)n2)n[nH]1. The van der Waals surface area contributed by atoms with Gasteiger partial charge in [-0.2, -0.15) is 15.1 Å². The van der Waals surface area contributed by atoms with Gasteiger partial charge in [0.2, 0.25) is 11.9 Å². The van der Waals surface area contributed by atoms with Crippen LogP contribution in [0.4, 0.5) is 29.1 Å². The van der Waals surface area contributed by atoms with Gasteiger partial charge in [-0.3, -0.25) is 9.89 Å². The third kappa shape index (κ3) is 7.11. The molecule has 0 bridgehead atoms. The van der Waals surface area contributed by atoms with Gasteiger partial charge in [0.25, 0.3) is 0 Å². The Bertz CT molecular complexity index is 1380. The quantitative estimate of drug-likeness (QED) is 0.258. The maximum Gasteiger partial charge on any atom is 0.231 e. The lowest BCUT2D eigenvalue weighted by molar-refractivity contribution is -0.121. The van der Waals surface area contributed by atoms with Crippen LogP contribution in [0, 0.1) is 6.92 Å². The third-order valence-electron chi connectivity index (χ3n) is 6.75. The number of hydrogen-bond acceptors (Lipinski definition) is 8. The number of piperazine rings is 1. The van der Waals surface area contributed by atoms with Gasteiger partial charge in [-0.15, -0.1) is 0 Å². The number of aromatic nitrogens is 4. The lowest BCUT2D eigenvalue weighted by Crippen LogP contribution is -2.44. The molecule has 1 fully saturated rings. The highest BCUT2D eigenvalue weighted by molar-refractivity contribution is 5.79. The van der Waals surface area contributed by atoms with E-state index in [0.717, 1.165) is 54.5 Å². The lowest BCUT2D eigenvalue weighted by Gasteiger charge is -2.33. The maximum atomic E-state index is 12.6. The van der Waals surface area contributed by atoms with Gasteiger partial charge in [0, 0.05) is 49.7 Å². The monoisotopic (exact) mass is 525 g/mol. The van der Waals surface area contributed by atoms with Crippen LogP contribution in [-0.2, 0) is 11.2 Å². The first kappa shape index (κ1) is 26.2. The summed E-state index contributed by atoms with van der Waals surface area (Å²) in [5, 5.41) is 16.9. The Morgan fingerprint density at radius 3 is 2.38 bits per heavy atom. The van der Waals surface area contributed by atoms with Crippen molar-refractivity contribution < 1.29 is 4.79 Å². The molecule has 202 valence electrons. The summed E-state index contributed by atoms with van der Waals surface area (Å²) in [5.74, 6) is 2.69. The van der Waals surface area contributed by atoms with Crippen molar-refractivity contribution in [2.75, 3.05) is 48.8 Å². The normalized spacial score (nSPS) is 14.6. The molecule has 1 amide bonds. The minimum Gasteiger partial charge on any atom is -0.354 e. The molecule has 4 aromatic rings. The molecule has 10 nitrogen and oxygen atoms in total. The Labute approximate surface area is 228 Å². The van der Waals surface area contributed by atoms with Gasteiger partial charge < -0.3 is 25.8 Å². The molecule has 0 aliphatic carbocycles. The van der Waals surface area contributed by atoms with Gasteiger partial charge in [-0.25, -0.2) is 0 Å². The molecule has 2 aromatic heterocycles. The molecule has 4 N–H and O–H groups in total. The summed E-state index contributed by atoms with van der Waals surface area (Å²) in [4.78, 5) is 26.7. The van der Waals surface area contributed by atoms with E-state index in [1.807, 2.05) is 80.6 Å². The molecule has 5 rings (SSSR count). The highest BCUT2D eigenvalue weighted by Crippen LogP contribution is 2.24. The fourth-order valence-corrected chi connectivity index (χ4v) is 4.50. The van der Waals surface area contributed by atoms with Crippen molar-refractivity contribution >= 4 is 35.0 Å². The molecular formula is C29H35N9O. The first-order valence-corrected chi connectivity index (χ1v) is 13.2. The minimum atomic E-state index is -0.0439. The third-order valence-corrected chi connectivity index (χ3v) is 6.75. The van der Waals surface area contributed by atoms with Crippen LogP contribution in [0.5, 0.6) is 0 Å². The van der Waals surface area contributed by atoms with Crippen LogP contribution >= 0.6 is 0 Å². The van der Waals surface area contributed by atoms with Crippen LogP contribution in [0.3, 0.4) is 0 Å². The first-order valence-electron chi connectivity index (χ1n) is 13.2. The zero-order valence-electron chi connectivity index (χ0n) is 22.6. The van der Waals surface area contributed by atoms with E-state index in [9.17, 15) is 4.79 Å². The van der Waals surface area contributed by atoms with Crippen LogP contribution < -0.4 is 20.9 Å². The second-order valence-electron chi connectivity index (χ2n) is 9.99. The summed E-state index contributed by atoms with van der Waals surface area (Å²) in [6, 6.07) is 21.6. The summed E-state index contributed by atoms with van der Waals surface area (Å²) in [6.45, 7) is 7.70. The summed E-state index contributed by atoms with van der Waals surface area (Å²) in [7, 11) is 2.13. The fraction of sp³-hybridized carbons (Fsp3) is 0.310. The number of benzene rings is 2. The Kier molecular flexibility index (Phi) is 8.02. The van der Waals surface area contributed by atoms with Gasteiger partial charge in [0.05, 0.1) is 12.5 Å². The Balaban J connectivity index is 1.26. The molecule has 1 aliphatic heterocycles. The highest BCUT2D eigenvalue weighted by atomic mass is 16.1. The van der Waals surface area contributed by atoms with Gasteiger partial charge in [-0.05, 0) is 44.2 Å². The van der Waals surface area contributed by atoms with Gasteiger partial charge >= 0.3 is 0 Å². The van der Waals surface area contributed by atoms with Crippen molar-refractivity contribution in [2.45, 2.75) is 26.3 Å². The van der Waals surface area contributed by atoms with Gasteiger partial charge in [0.1, 0.15) is 11.6 Å². The van der Waals surface area contributed by atoms with Crippen LogP contribution in [-0.4, -0.2) is 64.2 Å². The van der Waals surface area contributed by atoms with E-state index < -0.39 is 0 Å². The summed E-state index contributed by atoms with van der Waals surface area (Å²) in [6.07, 6.45) is 0.310. The number of hydrogen-bond donors (Lipinski definition) is 4. The molecule has 3 heterocycles. The minimum absolute atomic E-state index is 0.0143. The second-order valence-corrected chi connectivity index (χ2v) is 9.99. The number of aryl methyl sites for hydroxylation is 1. The van der Waals surface area contributed by atoms with Crippen LogP contribution in [0.15, 0.2) is 66.7 Å². The molecule has 10 heteroatoms. The Morgan fingerprint density at radius 2 is 1.69 bits per heavy atom. The molecule has 0 unspecified atom stereocenters. The van der Waals surface area contributed by atoms with Crippen molar-refractivity contribution in [3.8, 4) is 0 Å². The summed E-state index contributed by atoms with van der Waals surface area (Å²) < 4.78 is 0. The van der Waals surface area contributed by atoms with Gasteiger partial charge in [0.15, 0.2) is 5.82 Å². The van der Waals surface area contributed by atoms with Crippen molar-refractivity contribution in [3.05, 3.63) is 83.6 Å². The molecule has 0 saturated carbocycles. The zero-order chi connectivity index (χ0) is 27.2. The van der Waals surface area contributed by atoms with Crippen LogP contribution in [0.25, 0.3) is 0 Å². The van der Waals surface area contributed by atoms with Crippen molar-refractivity contribution in [1.29, 1.82) is 0 Å². The summed E-state index contributed by atoms with van der Waals surface area (Å²) in [5.41, 5.74) is 3.82. The standard InChI is InChI=1S/C29H35N9O/c1-20-17-26(36-35-20)32-25-19-27(38-15-13-37(3)14-16-38)34-29(33-25)31-24-11-9-22(10-12-24)18-28(39)30-21(2)23-7-5-4-6-8-23/h4-12,17,19,21H,13-16,18H2,1-3H3,(H,30,39)(H3,31,32,33,34,35,36)/t21-/m1/s1. The Hall–Kier alpha value is -4.44. The van der Waals surface area contributed by atoms with Crippen molar-refractivity contribution in [3.63, 3.8) is 0 Å². The number of carbonyl (C=O) groups is 1. The number of anilines is 5. The van der Waals surface area contributed by atoms with Crippen molar-refractivity contribution in [1.82, 2.24) is 30.4 Å². The summed E-state index contributed by atoms with van der Waals surface area (Å²) >= 11 is 0. The first-order chi connectivity index (χ1) is 18.9. The van der Waals surface area contributed by atoms with E-state index in [1.165, 1.54) is 0 Å².